The molecule has 0 amide bonds. The molecule has 4 nitrogen and oxygen atoms in total. The fourth-order valence-corrected chi connectivity index (χ4v) is 1.79. The molecule has 2 heterocycles. The fraction of sp³-hybridized carbons (Fsp3) is 0.417. The zero-order valence-electron chi connectivity index (χ0n) is 10.0. The van der Waals surface area contributed by atoms with Gasteiger partial charge >= 0.3 is 0 Å². The molecule has 0 N–H and O–H groups in total. The third-order valence-electron chi connectivity index (χ3n) is 2.53. The molecule has 0 saturated carbocycles. The van der Waals surface area contributed by atoms with Gasteiger partial charge in [0, 0.05) is 24.9 Å². The molecule has 0 aliphatic heterocycles. The maximum absolute atomic E-state index is 5.81. The second kappa shape index (κ2) is 5.27. The summed E-state index contributed by atoms with van der Waals surface area (Å²) in [6.07, 6.45) is 5.23. The van der Waals surface area contributed by atoms with E-state index in [4.69, 9.17) is 11.6 Å². The van der Waals surface area contributed by atoms with Gasteiger partial charge in [-0.3, -0.25) is 4.98 Å². The van der Waals surface area contributed by atoms with Crippen LogP contribution in [0.5, 0.6) is 0 Å². The molecule has 0 spiro atoms. The highest BCUT2D eigenvalue weighted by Gasteiger charge is 2.09. The third-order valence-corrected chi connectivity index (χ3v) is 2.84. The molecule has 0 saturated heterocycles. The van der Waals surface area contributed by atoms with Crippen LogP contribution in [-0.2, 0) is 18.7 Å². The Morgan fingerprint density at radius 3 is 2.71 bits per heavy atom. The first-order chi connectivity index (χ1) is 8.28. The first-order valence-electron chi connectivity index (χ1n) is 5.73. The van der Waals surface area contributed by atoms with Gasteiger partial charge in [0.15, 0.2) is 5.82 Å². The van der Waals surface area contributed by atoms with E-state index in [1.165, 1.54) is 0 Å². The van der Waals surface area contributed by atoms with E-state index in [0.29, 0.717) is 5.88 Å². The molecule has 0 aromatic carbocycles. The summed E-state index contributed by atoms with van der Waals surface area (Å²) in [5.41, 5.74) is 1.91. The normalized spacial score (nSPS) is 10.8. The number of alkyl halides is 1. The van der Waals surface area contributed by atoms with Crippen LogP contribution in [0.3, 0.4) is 0 Å². The highest BCUT2D eigenvalue weighted by Crippen LogP contribution is 2.13. The predicted octanol–water partition coefficient (Wildman–Crippen LogP) is 2.53. The average molecular weight is 251 g/mol. The quantitative estimate of drug-likeness (QED) is 0.784. The summed E-state index contributed by atoms with van der Waals surface area (Å²) < 4.78 is 1.85. The van der Waals surface area contributed by atoms with Gasteiger partial charge in [0.2, 0.25) is 0 Å². The van der Waals surface area contributed by atoms with Gasteiger partial charge < -0.3 is 0 Å². The lowest BCUT2D eigenvalue weighted by Crippen LogP contribution is -2.03. The van der Waals surface area contributed by atoms with Crippen LogP contribution < -0.4 is 0 Å². The van der Waals surface area contributed by atoms with Crippen molar-refractivity contribution in [1.82, 2.24) is 19.7 Å². The summed E-state index contributed by atoms with van der Waals surface area (Å²) in [7, 11) is 0. The van der Waals surface area contributed by atoms with E-state index < -0.39 is 0 Å². The molecule has 2 rings (SSSR count). The summed E-state index contributed by atoms with van der Waals surface area (Å²) in [4.78, 5) is 8.64. The molecular formula is C12H15ClN4. The number of aryl methyl sites for hydroxylation is 2. The third kappa shape index (κ3) is 2.47. The molecular weight excluding hydrogens is 236 g/mol. The molecule has 0 radical (unpaired) electrons. The van der Waals surface area contributed by atoms with Crippen LogP contribution in [0.2, 0.25) is 0 Å². The number of pyridine rings is 1. The van der Waals surface area contributed by atoms with Crippen molar-refractivity contribution in [3.8, 4) is 5.69 Å². The van der Waals surface area contributed by atoms with Crippen LogP contribution in [0.4, 0.5) is 0 Å². The van der Waals surface area contributed by atoms with Crippen molar-refractivity contribution in [2.45, 2.75) is 32.6 Å². The Hall–Kier alpha value is -1.42. The Labute approximate surface area is 106 Å². The van der Waals surface area contributed by atoms with Crippen LogP contribution in [0.15, 0.2) is 18.5 Å². The zero-order chi connectivity index (χ0) is 12.3. The molecule has 90 valence electrons. The number of halogens is 1. The lowest BCUT2D eigenvalue weighted by atomic mass is 10.3. The first-order valence-corrected chi connectivity index (χ1v) is 6.27. The Balaban J connectivity index is 2.47. The van der Waals surface area contributed by atoms with Crippen LogP contribution in [-0.4, -0.2) is 19.7 Å². The maximum atomic E-state index is 5.81. The molecule has 17 heavy (non-hydrogen) atoms. The zero-order valence-corrected chi connectivity index (χ0v) is 10.8. The van der Waals surface area contributed by atoms with Crippen molar-refractivity contribution >= 4 is 11.6 Å². The Morgan fingerprint density at radius 2 is 2.06 bits per heavy atom. The van der Waals surface area contributed by atoms with Crippen molar-refractivity contribution in [3.05, 3.63) is 35.7 Å². The van der Waals surface area contributed by atoms with E-state index in [0.717, 1.165) is 35.7 Å². The van der Waals surface area contributed by atoms with E-state index in [1.807, 2.05) is 17.7 Å². The second-order valence-corrected chi connectivity index (χ2v) is 4.02. The lowest BCUT2D eigenvalue weighted by Gasteiger charge is -2.04. The van der Waals surface area contributed by atoms with Gasteiger partial charge in [-0.25, -0.2) is 9.67 Å². The van der Waals surface area contributed by atoms with E-state index >= 15 is 0 Å². The molecule has 5 heteroatoms. The van der Waals surface area contributed by atoms with Crippen LogP contribution in [0, 0.1) is 0 Å². The van der Waals surface area contributed by atoms with E-state index in [1.54, 1.807) is 12.4 Å². The fourth-order valence-electron chi connectivity index (χ4n) is 1.64. The number of hydrogen-bond acceptors (Lipinski definition) is 3. The number of rotatable bonds is 4. The summed E-state index contributed by atoms with van der Waals surface area (Å²) in [6.45, 7) is 4.12. The number of nitrogens with zero attached hydrogens (tertiary/aromatic N) is 4. The highest BCUT2D eigenvalue weighted by molar-refractivity contribution is 6.17. The van der Waals surface area contributed by atoms with Crippen molar-refractivity contribution in [3.63, 3.8) is 0 Å². The SMILES string of the molecule is CCc1nc(CC)n(-c2cncc(CCl)c2)n1. The predicted molar refractivity (Wildman–Crippen MR) is 67.5 cm³/mol. The van der Waals surface area contributed by atoms with Crippen molar-refractivity contribution in [2.75, 3.05) is 0 Å². The first kappa shape index (κ1) is 12.0. The van der Waals surface area contributed by atoms with Gasteiger partial charge in [0.05, 0.1) is 11.9 Å². The molecule has 0 aliphatic rings. The van der Waals surface area contributed by atoms with E-state index in [9.17, 15) is 0 Å². The van der Waals surface area contributed by atoms with Crippen LogP contribution in [0.1, 0.15) is 31.1 Å². The Kier molecular flexibility index (Phi) is 3.74. The van der Waals surface area contributed by atoms with Gasteiger partial charge in [-0.15, -0.1) is 11.6 Å². The maximum Gasteiger partial charge on any atom is 0.151 e. The molecule has 2 aromatic rings. The minimum Gasteiger partial charge on any atom is -0.262 e. The van der Waals surface area contributed by atoms with Crippen LogP contribution >= 0.6 is 11.6 Å². The number of aromatic nitrogens is 4. The van der Waals surface area contributed by atoms with Gasteiger partial charge in [-0.1, -0.05) is 13.8 Å². The summed E-state index contributed by atoms with van der Waals surface area (Å²) >= 11 is 5.81. The molecule has 0 atom stereocenters. The van der Waals surface area contributed by atoms with E-state index in [-0.39, 0.29) is 0 Å². The summed E-state index contributed by atoms with van der Waals surface area (Å²) in [6, 6.07) is 1.99. The largest absolute Gasteiger partial charge is 0.262 e. The smallest absolute Gasteiger partial charge is 0.151 e. The standard InChI is InChI=1S/C12H15ClN4/c1-3-11-15-12(4-2)17(16-11)10-5-9(6-13)7-14-8-10/h5,7-8H,3-4,6H2,1-2H3. The molecule has 0 aliphatic carbocycles. The Bertz CT molecular complexity index is 507. The van der Waals surface area contributed by atoms with Crippen LogP contribution in [0.25, 0.3) is 5.69 Å². The topological polar surface area (TPSA) is 43.6 Å². The highest BCUT2D eigenvalue weighted by atomic mass is 35.5. The van der Waals surface area contributed by atoms with E-state index in [2.05, 4.69) is 22.0 Å². The van der Waals surface area contributed by atoms with Gasteiger partial charge in [-0.2, -0.15) is 5.10 Å². The van der Waals surface area contributed by atoms with Gasteiger partial charge in [0.25, 0.3) is 0 Å². The molecule has 0 bridgehead atoms. The molecule has 0 fully saturated rings. The summed E-state index contributed by atoms with van der Waals surface area (Å²) in [5.74, 6) is 2.27. The summed E-state index contributed by atoms with van der Waals surface area (Å²) in [5, 5.41) is 4.47. The minimum atomic E-state index is 0.456. The lowest BCUT2D eigenvalue weighted by molar-refractivity contribution is 0.786. The minimum absolute atomic E-state index is 0.456. The van der Waals surface area contributed by atoms with Crippen molar-refractivity contribution in [2.24, 2.45) is 0 Å². The molecule has 0 unspecified atom stereocenters. The Morgan fingerprint density at radius 1 is 1.24 bits per heavy atom. The van der Waals surface area contributed by atoms with Gasteiger partial charge in [0.1, 0.15) is 5.82 Å². The van der Waals surface area contributed by atoms with Crippen molar-refractivity contribution < 1.29 is 0 Å². The van der Waals surface area contributed by atoms with Crippen molar-refractivity contribution in [1.29, 1.82) is 0 Å². The molecule has 2 aromatic heterocycles. The van der Waals surface area contributed by atoms with Gasteiger partial charge in [-0.05, 0) is 11.6 Å². The monoisotopic (exact) mass is 250 g/mol. The number of hydrogen-bond donors (Lipinski definition) is 0. The second-order valence-electron chi connectivity index (χ2n) is 3.75. The average Bonchev–Trinajstić information content (AvgIpc) is 2.82.